The number of hydrazone groups is 1. The topological polar surface area (TPSA) is 87.6 Å². The van der Waals surface area contributed by atoms with Gasteiger partial charge in [0.05, 0.1) is 34.7 Å². The Morgan fingerprint density at radius 3 is 2.07 bits per heavy atom. The summed E-state index contributed by atoms with van der Waals surface area (Å²) in [5, 5.41) is 3.92. The van der Waals surface area contributed by atoms with Crippen molar-refractivity contribution in [2.45, 2.75) is 0 Å². The van der Waals surface area contributed by atoms with Crippen molar-refractivity contribution in [2.24, 2.45) is 5.10 Å². The molecule has 0 saturated heterocycles. The molecule has 0 fully saturated rings. The van der Waals surface area contributed by atoms with Crippen LogP contribution in [0.3, 0.4) is 0 Å². The number of ether oxygens (including phenoxy) is 5. The molecule has 0 radical (unpaired) electrons. The van der Waals surface area contributed by atoms with Crippen molar-refractivity contribution in [2.75, 3.05) is 35.0 Å². The van der Waals surface area contributed by atoms with Gasteiger partial charge in [0.2, 0.25) is 0 Å². The summed E-state index contributed by atoms with van der Waals surface area (Å²) in [6.45, 7) is -0.174. The van der Waals surface area contributed by atoms with Crippen LogP contribution in [-0.4, -0.2) is 47.2 Å². The van der Waals surface area contributed by atoms with E-state index in [0.717, 1.165) is 0 Å². The molecule has 0 aliphatic rings. The SMILES string of the molecule is COc1ccc(OCC(=O)N/N=C\c2cc(OC)c(OC)cc2OC)cc1. The van der Waals surface area contributed by atoms with Gasteiger partial charge in [0.15, 0.2) is 18.1 Å². The number of benzene rings is 2. The van der Waals surface area contributed by atoms with Crippen molar-refractivity contribution < 1.29 is 28.5 Å². The van der Waals surface area contributed by atoms with E-state index in [9.17, 15) is 4.79 Å². The Morgan fingerprint density at radius 1 is 0.889 bits per heavy atom. The number of hydrogen-bond acceptors (Lipinski definition) is 7. The van der Waals surface area contributed by atoms with Crippen molar-refractivity contribution in [3.63, 3.8) is 0 Å². The fourth-order valence-corrected chi connectivity index (χ4v) is 2.18. The van der Waals surface area contributed by atoms with Crippen molar-refractivity contribution >= 4 is 12.1 Å². The summed E-state index contributed by atoms with van der Waals surface area (Å²) in [6, 6.07) is 10.3. The van der Waals surface area contributed by atoms with Crippen LogP contribution in [0.4, 0.5) is 0 Å². The molecule has 0 aliphatic heterocycles. The summed E-state index contributed by atoms with van der Waals surface area (Å²) < 4.78 is 26.2. The van der Waals surface area contributed by atoms with Gasteiger partial charge in [-0.25, -0.2) is 5.43 Å². The quantitative estimate of drug-likeness (QED) is 0.535. The number of amides is 1. The maximum atomic E-state index is 11.9. The van der Waals surface area contributed by atoms with E-state index in [4.69, 9.17) is 23.7 Å². The van der Waals surface area contributed by atoms with E-state index >= 15 is 0 Å². The molecular formula is C19H22N2O6. The van der Waals surface area contributed by atoms with Crippen LogP contribution in [0.2, 0.25) is 0 Å². The minimum atomic E-state index is -0.401. The molecule has 0 heterocycles. The van der Waals surface area contributed by atoms with Gasteiger partial charge in [-0.1, -0.05) is 0 Å². The van der Waals surface area contributed by atoms with Crippen molar-refractivity contribution in [3.05, 3.63) is 42.0 Å². The highest BCUT2D eigenvalue weighted by Gasteiger charge is 2.10. The number of nitrogens with zero attached hydrogens (tertiary/aromatic N) is 1. The average Bonchev–Trinajstić information content (AvgIpc) is 2.72. The minimum absolute atomic E-state index is 0.174. The molecule has 0 unspecified atom stereocenters. The molecule has 8 heteroatoms. The molecule has 2 aromatic carbocycles. The highest BCUT2D eigenvalue weighted by atomic mass is 16.5. The van der Waals surface area contributed by atoms with Gasteiger partial charge in [-0.05, 0) is 30.3 Å². The van der Waals surface area contributed by atoms with E-state index in [1.54, 1.807) is 43.5 Å². The molecule has 144 valence electrons. The van der Waals surface area contributed by atoms with E-state index in [1.807, 2.05) is 0 Å². The van der Waals surface area contributed by atoms with Crippen LogP contribution in [0, 0.1) is 0 Å². The standard InChI is InChI=1S/C19H22N2O6/c1-23-14-5-7-15(8-6-14)27-12-19(22)21-20-11-13-9-17(25-3)18(26-4)10-16(13)24-2/h5-11H,12H2,1-4H3,(H,21,22)/b20-11-. The molecule has 1 N–H and O–H groups in total. The van der Waals surface area contributed by atoms with Crippen LogP contribution in [0.5, 0.6) is 28.7 Å². The molecule has 0 aromatic heterocycles. The third-order valence-corrected chi connectivity index (χ3v) is 3.56. The summed E-state index contributed by atoms with van der Waals surface area (Å²) >= 11 is 0. The third kappa shape index (κ3) is 5.53. The van der Waals surface area contributed by atoms with Crippen LogP contribution in [0.15, 0.2) is 41.5 Å². The lowest BCUT2D eigenvalue weighted by atomic mass is 10.2. The van der Waals surface area contributed by atoms with Gasteiger partial charge >= 0.3 is 0 Å². The Morgan fingerprint density at radius 2 is 1.48 bits per heavy atom. The Kier molecular flexibility index (Phi) is 7.30. The Bertz CT molecular complexity index is 790. The summed E-state index contributed by atoms with van der Waals surface area (Å²) in [6.07, 6.45) is 1.45. The molecule has 0 bridgehead atoms. The Labute approximate surface area is 157 Å². The Balaban J connectivity index is 1.94. The monoisotopic (exact) mass is 374 g/mol. The van der Waals surface area contributed by atoms with Gasteiger partial charge in [-0.15, -0.1) is 0 Å². The van der Waals surface area contributed by atoms with Gasteiger partial charge < -0.3 is 23.7 Å². The lowest BCUT2D eigenvalue weighted by Gasteiger charge is -2.11. The van der Waals surface area contributed by atoms with Crippen LogP contribution in [0.25, 0.3) is 0 Å². The molecular weight excluding hydrogens is 352 g/mol. The van der Waals surface area contributed by atoms with Gasteiger partial charge in [-0.3, -0.25) is 4.79 Å². The van der Waals surface area contributed by atoms with Crippen LogP contribution in [-0.2, 0) is 4.79 Å². The second kappa shape index (κ2) is 9.91. The lowest BCUT2D eigenvalue weighted by molar-refractivity contribution is -0.123. The first-order valence-corrected chi connectivity index (χ1v) is 8.00. The largest absolute Gasteiger partial charge is 0.497 e. The van der Waals surface area contributed by atoms with Gasteiger partial charge in [0.25, 0.3) is 5.91 Å². The van der Waals surface area contributed by atoms with E-state index in [1.165, 1.54) is 27.5 Å². The number of hydrogen-bond donors (Lipinski definition) is 1. The number of methoxy groups -OCH3 is 4. The van der Waals surface area contributed by atoms with E-state index in [2.05, 4.69) is 10.5 Å². The van der Waals surface area contributed by atoms with E-state index in [-0.39, 0.29) is 6.61 Å². The minimum Gasteiger partial charge on any atom is -0.497 e. The van der Waals surface area contributed by atoms with E-state index in [0.29, 0.717) is 34.3 Å². The van der Waals surface area contributed by atoms with Crippen LogP contribution < -0.4 is 29.1 Å². The Hall–Kier alpha value is -3.42. The smallest absolute Gasteiger partial charge is 0.277 e. The zero-order valence-electron chi connectivity index (χ0n) is 15.6. The fourth-order valence-electron chi connectivity index (χ4n) is 2.18. The predicted octanol–water partition coefficient (Wildman–Crippen LogP) is 2.25. The zero-order valence-corrected chi connectivity index (χ0v) is 15.6. The second-order valence-electron chi connectivity index (χ2n) is 5.21. The van der Waals surface area contributed by atoms with Gasteiger partial charge in [0, 0.05) is 11.6 Å². The summed E-state index contributed by atoms with van der Waals surface area (Å²) in [4.78, 5) is 11.9. The predicted molar refractivity (Wildman–Crippen MR) is 100 cm³/mol. The molecule has 0 atom stereocenters. The number of carbonyl (C=O) groups excluding carboxylic acids is 1. The molecule has 0 spiro atoms. The van der Waals surface area contributed by atoms with Crippen LogP contribution in [0.1, 0.15) is 5.56 Å². The van der Waals surface area contributed by atoms with Gasteiger partial charge in [-0.2, -0.15) is 5.10 Å². The molecule has 27 heavy (non-hydrogen) atoms. The molecule has 2 aromatic rings. The normalized spacial score (nSPS) is 10.4. The fraction of sp³-hybridized carbons (Fsp3) is 0.263. The highest BCUT2D eigenvalue weighted by molar-refractivity contribution is 5.86. The molecule has 0 saturated carbocycles. The van der Waals surface area contributed by atoms with Crippen molar-refractivity contribution in [1.29, 1.82) is 0 Å². The lowest BCUT2D eigenvalue weighted by Crippen LogP contribution is -2.24. The first-order chi connectivity index (χ1) is 13.1. The third-order valence-electron chi connectivity index (χ3n) is 3.56. The summed E-state index contributed by atoms with van der Waals surface area (Å²) in [7, 11) is 6.17. The second-order valence-corrected chi connectivity index (χ2v) is 5.21. The molecule has 2 rings (SSSR count). The van der Waals surface area contributed by atoms with Crippen LogP contribution >= 0.6 is 0 Å². The van der Waals surface area contributed by atoms with Crippen molar-refractivity contribution in [3.8, 4) is 28.7 Å². The number of carbonyl (C=O) groups is 1. The summed E-state index contributed by atoms with van der Waals surface area (Å²) in [5.74, 6) is 2.44. The van der Waals surface area contributed by atoms with E-state index < -0.39 is 5.91 Å². The maximum Gasteiger partial charge on any atom is 0.277 e. The summed E-state index contributed by atoms with van der Waals surface area (Å²) in [5.41, 5.74) is 3.01. The molecule has 1 amide bonds. The van der Waals surface area contributed by atoms with Crippen molar-refractivity contribution in [1.82, 2.24) is 5.43 Å². The first kappa shape index (κ1) is 19.9. The highest BCUT2D eigenvalue weighted by Crippen LogP contribution is 2.33. The molecule has 0 aliphatic carbocycles. The number of nitrogens with one attached hydrogen (secondary N) is 1. The van der Waals surface area contributed by atoms with Gasteiger partial charge in [0.1, 0.15) is 17.2 Å². The molecule has 8 nitrogen and oxygen atoms in total. The number of rotatable bonds is 9. The average molecular weight is 374 g/mol. The first-order valence-electron chi connectivity index (χ1n) is 8.00. The zero-order chi connectivity index (χ0) is 19.6. The maximum absolute atomic E-state index is 11.9.